The molecule has 2 heterocycles. The van der Waals surface area contributed by atoms with Crippen LogP contribution in [0.25, 0.3) is 10.9 Å². The molecule has 0 fully saturated rings. The summed E-state index contributed by atoms with van der Waals surface area (Å²) in [6.07, 6.45) is -9.23. The molecule has 1 aliphatic heterocycles. The number of carboxylic acids is 1. The Kier molecular flexibility index (Phi) is 5.99. The number of amides is 1. The van der Waals surface area contributed by atoms with Gasteiger partial charge in [-0.15, -0.1) is 0 Å². The van der Waals surface area contributed by atoms with E-state index < -0.39 is 63.7 Å². The molecule has 2 aromatic carbocycles. The van der Waals surface area contributed by atoms with Gasteiger partial charge in [0.15, 0.2) is 5.75 Å². The number of carboxylic acid groups (broad SMARTS) is 1. The lowest BCUT2D eigenvalue weighted by Gasteiger charge is -2.13. The van der Waals surface area contributed by atoms with E-state index in [4.69, 9.17) is 5.11 Å². The van der Waals surface area contributed by atoms with Crippen molar-refractivity contribution in [2.45, 2.75) is 19.3 Å². The van der Waals surface area contributed by atoms with Gasteiger partial charge in [-0.05, 0) is 25.1 Å². The van der Waals surface area contributed by atoms with Gasteiger partial charge in [-0.3, -0.25) is 9.59 Å². The van der Waals surface area contributed by atoms with E-state index in [-0.39, 0.29) is 16.6 Å². The molecule has 34 heavy (non-hydrogen) atoms. The summed E-state index contributed by atoms with van der Waals surface area (Å²) in [5.74, 6) is -4.09. The Morgan fingerprint density at radius 1 is 0.941 bits per heavy atom. The summed E-state index contributed by atoms with van der Waals surface area (Å²) >= 11 is 0. The Hall–Kier alpha value is -4.16. The third kappa shape index (κ3) is 4.36. The predicted octanol–water partition coefficient (Wildman–Crippen LogP) is 4.81. The fraction of sp³-hybridized carbons (Fsp3) is 0.143. The Bertz CT molecular complexity index is 1350. The second-order valence-electron chi connectivity index (χ2n) is 6.93. The number of benzene rings is 2. The van der Waals surface area contributed by atoms with Gasteiger partial charge in [0, 0.05) is 5.39 Å². The SMILES string of the molecule is Cc1nc2c(C(F)(F)F)cccc2c(C(=O)O)c1O.O=C1Nc2c(cccc2C(F)(F)F)C1=O. The van der Waals surface area contributed by atoms with E-state index in [1.165, 1.54) is 19.1 Å². The van der Waals surface area contributed by atoms with Gasteiger partial charge in [-0.25, -0.2) is 9.78 Å². The molecule has 3 aromatic rings. The summed E-state index contributed by atoms with van der Waals surface area (Å²) in [5.41, 5.74) is -3.93. The average Bonchev–Trinajstić information content (AvgIpc) is 3.01. The third-order valence-corrected chi connectivity index (χ3v) is 4.74. The van der Waals surface area contributed by atoms with Crippen LogP contribution in [0.3, 0.4) is 0 Å². The Morgan fingerprint density at radius 2 is 1.50 bits per heavy atom. The van der Waals surface area contributed by atoms with Gasteiger partial charge in [-0.1, -0.05) is 18.2 Å². The van der Waals surface area contributed by atoms with Crippen molar-refractivity contribution in [1.29, 1.82) is 0 Å². The Morgan fingerprint density at radius 3 is 2.06 bits per heavy atom. The highest BCUT2D eigenvalue weighted by molar-refractivity contribution is 6.51. The molecule has 1 aliphatic rings. The average molecular weight is 486 g/mol. The monoisotopic (exact) mass is 486 g/mol. The zero-order valence-corrected chi connectivity index (χ0v) is 16.8. The highest BCUT2D eigenvalue weighted by atomic mass is 19.4. The number of hydrogen-bond acceptors (Lipinski definition) is 5. The van der Waals surface area contributed by atoms with Crippen molar-refractivity contribution in [3.05, 3.63) is 64.3 Å². The standard InChI is InChI=1S/C12H8F3NO3.C9H4F3NO2/c1-5-10(17)8(11(18)19)6-3-2-4-7(9(6)16-5)12(13,14)15;10-9(11,12)5-3-1-2-4-6(5)13-8(15)7(4)14/h2-4,17H,1H3,(H,18,19);1-3H,(H,13,14,15). The van der Waals surface area contributed by atoms with Crippen molar-refractivity contribution in [3.8, 4) is 5.75 Å². The maximum atomic E-state index is 12.8. The molecule has 13 heteroatoms. The number of ketones is 1. The fourth-order valence-electron chi connectivity index (χ4n) is 3.25. The molecule has 4 rings (SSSR count). The van der Waals surface area contributed by atoms with Crippen molar-refractivity contribution in [2.75, 3.05) is 5.32 Å². The maximum Gasteiger partial charge on any atom is 0.418 e. The largest absolute Gasteiger partial charge is 0.505 e. The summed E-state index contributed by atoms with van der Waals surface area (Å²) in [6, 6.07) is 6.17. The van der Waals surface area contributed by atoms with E-state index in [0.717, 1.165) is 24.3 Å². The summed E-state index contributed by atoms with van der Waals surface area (Å²) in [7, 11) is 0. The highest BCUT2D eigenvalue weighted by Gasteiger charge is 2.39. The van der Waals surface area contributed by atoms with Crippen LogP contribution < -0.4 is 5.32 Å². The summed E-state index contributed by atoms with van der Waals surface area (Å²) in [6.45, 7) is 1.24. The number of alkyl halides is 6. The van der Waals surface area contributed by atoms with Gasteiger partial charge < -0.3 is 15.5 Å². The van der Waals surface area contributed by atoms with E-state index in [9.17, 15) is 45.8 Å². The number of para-hydroxylation sites is 2. The molecular weight excluding hydrogens is 474 g/mol. The number of Topliss-reactive ketones (excluding diaryl/α,β-unsaturated/α-hetero) is 1. The van der Waals surface area contributed by atoms with Crippen LogP contribution >= 0.6 is 0 Å². The summed E-state index contributed by atoms with van der Waals surface area (Å²) in [5, 5.41) is 20.3. The highest BCUT2D eigenvalue weighted by Crippen LogP contribution is 2.39. The van der Waals surface area contributed by atoms with Crippen molar-refractivity contribution in [1.82, 2.24) is 4.98 Å². The summed E-state index contributed by atoms with van der Waals surface area (Å²) < 4.78 is 75.8. The zero-order chi connectivity index (χ0) is 25.6. The van der Waals surface area contributed by atoms with E-state index >= 15 is 0 Å². The van der Waals surface area contributed by atoms with Gasteiger partial charge in [0.1, 0.15) is 5.56 Å². The van der Waals surface area contributed by atoms with Gasteiger partial charge >= 0.3 is 18.3 Å². The van der Waals surface area contributed by atoms with Crippen LogP contribution in [-0.4, -0.2) is 32.9 Å². The van der Waals surface area contributed by atoms with Crippen LogP contribution in [0, 0.1) is 6.92 Å². The molecule has 0 unspecified atom stereocenters. The second-order valence-corrected chi connectivity index (χ2v) is 6.93. The number of carbonyl (C=O) groups is 3. The number of halogens is 6. The number of aromatic hydroxyl groups is 1. The van der Waals surface area contributed by atoms with Crippen LogP contribution in [0.15, 0.2) is 36.4 Å². The molecule has 0 saturated heterocycles. The fourth-order valence-corrected chi connectivity index (χ4v) is 3.25. The van der Waals surface area contributed by atoms with Crippen LogP contribution in [0.5, 0.6) is 5.75 Å². The molecule has 0 spiro atoms. The first-order valence-corrected chi connectivity index (χ1v) is 9.13. The van der Waals surface area contributed by atoms with E-state index in [0.29, 0.717) is 0 Å². The number of fused-ring (bicyclic) bond motifs is 2. The lowest BCUT2D eigenvalue weighted by molar-refractivity contribution is -0.137. The van der Waals surface area contributed by atoms with Crippen LogP contribution in [0.4, 0.5) is 32.0 Å². The van der Waals surface area contributed by atoms with Crippen molar-refractivity contribution >= 4 is 34.3 Å². The molecule has 0 bridgehead atoms. The van der Waals surface area contributed by atoms with Gasteiger partial charge in [0.05, 0.1) is 33.6 Å². The van der Waals surface area contributed by atoms with Gasteiger partial charge in [0.2, 0.25) is 0 Å². The quantitative estimate of drug-likeness (QED) is 0.336. The lowest BCUT2D eigenvalue weighted by Crippen LogP contribution is -2.13. The Balaban J connectivity index is 0.000000196. The molecule has 0 saturated carbocycles. The first-order valence-electron chi connectivity index (χ1n) is 9.13. The van der Waals surface area contributed by atoms with Crippen LogP contribution in [0.1, 0.15) is 37.5 Å². The predicted molar refractivity (Wildman–Crippen MR) is 105 cm³/mol. The Labute approximate surface area is 185 Å². The molecule has 7 nitrogen and oxygen atoms in total. The van der Waals surface area contributed by atoms with Gasteiger partial charge in [0.25, 0.3) is 11.7 Å². The number of carbonyl (C=O) groups excluding carboxylic acids is 2. The molecular formula is C21H12F6N2O5. The molecule has 3 N–H and O–H groups in total. The first-order chi connectivity index (χ1) is 15.6. The van der Waals surface area contributed by atoms with Crippen LogP contribution in [-0.2, 0) is 17.1 Å². The maximum absolute atomic E-state index is 12.8. The normalized spacial score (nSPS) is 13.3. The van der Waals surface area contributed by atoms with Crippen molar-refractivity contribution in [2.24, 2.45) is 0 Å². The smallest absolute Gasteiger partial charge is 0.418 e. The van der Waals surface area contributed by atoms with E-state index in [1.54, 1.807) is 0 Å². The zero-order valence-electron chi connectivity index (χ0n) is 16.8. The van der Waals surface area contributed by atoms with Crippen molar-refractivity contribution in [3.63, 3.8) is 0 Å². The number of nitrogens with zero attached hydrogens (tertiary/aromatic N) is 1. The topological polar surface area (TPSA) is 117 Å². The third-order valence-electron chi connectivity index (χ3n) is 4.74. The molecule has 0 radical (unpaired) electrons. The van der Waals surface area contributed by atoms with E-state index in [1.807, 2.05) is 5.32 Å². The molecule has 0 aliphatic carbocycles. The lowest BCUT2D eigenvalue weighted by atomic mass is 10.0. The minimum atomic E-state index is -4.65. The van der Waals surface area contributed by atoms with Gasteiger partial charge in [-0.2, -0.15) is 26.3 Å². The molecule has 1 aromatic heterocycles. The number of rotatable bonds is 1. The molecule has 178 valence electrons. The van der Waals surface area contributed by atoms with E-state index in [2.05, 4.69) is 4.98 Å². The molecule has 0 atom stereocenters. The number of aryl methyl sites for hydroxylation is 1. The molecule has 1 amide bonds. The number of anilines is 1. The number of nitrogens with one attached hydrogen (secondary N) is 1. The number of aromatic nitrogens is 1. The first kappa shape index (κ1) is 24.5. The number of aromatic carboxylic acids is 1. The minimum Gasteiger partial charge on any atom is -0.505 e. The number of pyridine rings is 1. The number of hydrogen-bond donors (Lipinski definition) is 3. The second kappa shape index (κ2) is 8.32. The van der Waals surface area contributed by atoms with Crippen LogP contribution in [0.2, 0.25) is 0 Å². The minimum absolute atomic E-state index is 0.165. The van der Waals surface area contributed by atoms with Crippen molar-refractivity contribution < 1.29 is 50.9 Å². The summed E-state index contributed by atoms with van der Waals surface area (Å²) in [4.78, 5) is 36.7.